The van der Waals surface area contributed by atoms with Crippen LogP contribution in [0.15, 0.2) is 24.3 Å². The molecule has 1 atom stereocenters. The number of ether oxygens (including phenoxy) is 1. The van der Waals surface area contributed by atoms with Crippen molar-refractivity contribution < 1.29 is 13.9 Å². The minimum absolute atomic E-state index is 0.269. The minimum atomic E-state index is -0.736. The second kappa shape index (κ2) is 5.63. The van der Waals surface area contributed by atoms with Gasteiger partial charge in [0.05, 0.1) is 6.61 Å². The Morgan fingerprint density at radius 1 is 1.48 bits per heavy atom. The molecule has 1 aromatic carbocycles. The molecule has 0 spiro atoms. The number of carbonyl (C=O) groups excluding carboxylic acids is 1. The molecule has 3 rings (SSSR count). The Balaban J connectivity index is 2.05. The number of rotatable bonds is 4. The summed E-state index contributed by atoms with van der Waals surface area (Å²) in [5.41, 5.74) is 0.538. The van der Waals surface area contributed by atoms with Gasteiger partial charge in [-0.25, -0.2) is 4.39 Å². The number of nitrogens with zero attached hydrogens (tertiary/aromatic N) is 3. The molecule has 1 unspecified atom stereocenters. The molecule has 0 N–H and O–H groups in total. The molecule has 0 bridgehead atoms. The van der Waals surface area contributed by atoms with E-state index in [2.05, 4.69) is 10.2 Å². The fraction of sp³-hybridized carbons (Fsp3) is 0.400. The SMILES string of the molecule is CCOC(=O)C(c1cccc(F)c1)c1nnc2n1CCC2. The van der Waals surface area contributed by atoms with Crippen molar-refractivity contribution in [2.75, 3.05) is 6.61 Å². The molecular formula is C15H16FN3O2. The van der Waals surface area contributed by atoms with E-state index in [0.717, 1.165) is 25.2 Å². The number of fused-ring (bicyclic) bond motifs is 1. The maximum Gasteiger partial charge on any atom is 0.321 e. The van der Waals surface area contributed by atoms with E-state index in [9.17, 15) is 9.18 Å². The van der Waals surface area contributed by atoms with Crippen molar-refractivity contribution in [3.63, 3.8) is 0 Å². The van der Waals surface area contributed by atoms with E-state index in [4.69, 9.17) is 4.74 Å². The van der Waals surface area contributed by atoms with Crippen LogP contribution in [-0.4, -0.2) is 27.3 Å². The Morgan fingerprint density at radius 2 is 2.33 bits per heavy atom. The number of esters is 1. The second-order valence-electron chi connectivity index (χ2n) is 4.97. The molecule has 0 saturated carbocycles. The van der Waals surface area contributed by atoms with Crippen molar-refractivity contribution in [1.29, 1.82) is 0 Å². The Kier molecular flexibility index (Phi) is 3.68. The van der Waals surface area contributed by atoms with Crippen molar-refractivity contribution in [1.82, 2.24) is 14.8 Å². The van der Waals surface area contributed by atoms with Gasteiger partial charge in [-0.2, -0.15) is 0 Å². The average Bonchev–Trinajstić information content (AvgIpc) is 3.04. The highest BCUT2D eigenvalue weighted by molar-refractivity contribution is 5.81. The van der Waals surface area contributed by atoms with Gasteiger partial charge in [-0.3, -0.25) is 4.79 Å². The molecule has 110 valence electrons. The summed E-state index contributed by atoms with van der Waals surface area (Å²) in [6, 6.07) is 5.98. The number of carbonyl (C=O) groups is 1. The Labute approximate surface area is 121 Å². The predicted molar refractivity (Wildman–Crippen MR) is 73.2 cm³/mol. The molecule has 0 amide bonds. The third-order valence-electron chi connectivity index (χ3n) is 3.60. The van der Waals surface area contributed by atoms with Crippen LogP contribution in [-0.2, 0) is 22.5 Å². The molecule has 0 aliphatic carbocycles. The van der Waals surface area contributed by atoms with Crippen LogP contribution >= 0.6 is 0 Å². The van der Waals surface area contributed by atoms with Crippen molar-refractivity contribution in [3.05, 3.63) is 47.3 Å². The van der Waals surface area contributed by atoms with Gasteiger partial charge in [0.2, 0.25) is 0 Å². The normalized spacial score (nSPS) is 14.8. The first-order valence-electron chi connectivity index (χ1n) is 7.04. The number of benzene rings is 1. The summed E-state index contributed by atoms with van der Waals surface area (Å²) in [5.74, 6) is -0.143. The largest absolute Gasteiger partial charge is 0.465 e. The molecule has 0 radical (unpaired) electrons. The molecular weight excluding hydrogens is 273 g/mol. The zero-order chi connectivity index (χ0) is 14.8. The summed E-state index contributed by atoms with van der Waals surface area (Å²) < 4.78 is 20.6. The summed E-state index contributed by atoms with van der Waals surface area (Å²) in [7, 11) is 0. The van der Waals surface area contributed by atoms with Crippen LogP contribution in [0.25, 0.3) is 0 Å². The third-order valence-corrected chi connectivity index (χ3v) is 3.60. The topological polar surface area (TPSA) is 57.0 Å². The number of halogens is 1. The van der Waals surface area contributed by atoms with E-state index >= 15 is 0 Å². The van der Waals surface area contributed by atoms with E-state index in [1.807, 2.05) is 4.57 Å². The lowest BCUT2D eigenvalue weighted by molar-refractivity contribution is -0.144. The summed E-state index contributed by atoms with van der Waals surface area (Å²) in [5, 5.41) is 8.26. The first kappa shape index (κ1) is 13.7. The number of aromatic nitrogens is 3. The van der Waals surface area contributed by atoms with E-state index in [1.54, 1.807) is 19.1 Å². The highest BCUT2D eigenvalue weighted by Gasteiger charge is 2.32. The third kappa shape index (κ3) is 2.53. The molecule has 1 aliphatic heterocycles. The standard InChI is InChI=1S/C15H16FN3O2/c1-2-21-15(20)13(10-5-3-6-11(16)9-10)14-18-17-12-7-4-8-19(12)14/h3,5-6,9,13H,2,4,7-8H2,1H3. The lowest BCUT2D eigenvalue weighted by atomic mass is 9.98. The van der Waals surface area contributed by atoms with Crippen molar-refractivity contribution in [3.8, 4) is 0 Å². The maximum atomic E-state index is 13.5. The molecule has 6 heteroatoms. The van der Waals surface area contributed by atoms with Crippen LogP contribution in [0, 0.1) is 5.82 Å². The number of aryl methyl sites for hydroxylation is 1. The summed E-state index contributed by atoms with van der Waals surface area (Å²) >= 11 is 0. The highest BCUT2D eigenvalue weighted by Crippen LogP contribution is 2.28. The number of hydrogen-bond acceptors (Lipinski definition) is 4. The van der Waals surface area contributed by atoms with Gasteiger partial charge >= 0.3 is 5.97 Å². The van der Waals surface area contributed by atoms with Crippen LogP contribution in [0.4, 0.5) is 4.39 Å². The fourth-order valence-corrected chi connectivity index (χ4v) is 2.69. The van der Waals surface area contributed by atoms with Gasteiger partial charge in [-0.15, -0.1) is 10.2 Å². The zero-order valence-corrected chi connectivity index (χ0v) is 11.8. The van der Waals surface area contributed by atoms with Crippen molar-refractivity contribution in [2.45, 2.75) is 32.2 Å². The molecule has 21 heavy (non-hydrogen) atoms. The van der Waals surface area contributed by atoms with E-state index in [1.165, 1.54) is 12.1 Å². The Morgan fingerprint density at radius 3 is 3.10 bits per heavy atom. The quantitative estimate of drug-likeness (QED) is 0.808. The summed E-state index contributed by atoms with van der Waals surface area (Å²) in [6.45, 7) is 2.79. The first-order valence-corrected chi connectivity index (χ1v) is 7.04. The van der Waals surface area contributed by atoms with Gasteiger partial charge in [0.15, 0.2) is 5.82 Å². The minimum Gasteiger partial charge on any atom is -0.465 e. The van der Waals surface area contributed by atoms with E-state index in [0.29, 0.717) is 11.4 Å². The molecule has 2 heterocycles. The fourth-order valence-electron chi connectivity index (χ4n) is 2.69. The van der Waals surface area contributed by atoms with Crippen LogP contribution in [0.5, 0.6) is 0 Å². The monoisotopic (exact) mass is 289 g/mol. The van der Waals surface area contributed by atoms with Gasteiger partial charge < -0.3 is 9.30 Å². The predicted octanol–water partition coefficient (Wildman–Crippen LogP) is 2.06. The molecule has 0 fully saturated rings. The van der Waals surface area contributed by atoms with Gasteiger partial charge in [0, 0.05) is 13.0 Å². The molecule has 2 aromatic rings. The average molecular weight is 289 g/mol. The van der Waals surface area contributed by atoms with E-state index < -0.39 is 11.9 Å². The van der Waals surface area contributed by atoms with Crippen LogP contribution in [0.3, 0.4) is 0 Å². The first-order chi connectivity index (χ1) is 10.2. The molecule has 0 saturated heterocycles. The van der Waals surface area contributed by atoms with Crippen LogP contribution in [0.1, 0.15) is 36.5 Å². The zero-order valence-electron chi connectivity index (χ0n) is 11.8. The highest BCUT2D eigenvalue weighted by atomic mass is 19.1. The lowest BCUT2D eigenvalue weighted by Crippen LogP contribution is -2.21. The van der Waals surface area contributed by atoms with Gasteiger partial charge in [-0.05, 0) is 31.0 Å². The number of hydrogen-bond donors (Lipinski definition) is 0. The molecule has 5 nitrogen and oxygen atoms in total. The molecule has 1 aromatic heterocycles. The van der Waals surface area contributed by atoms with Crippen LogP contribution in [0.2, 0.25) is 0 Å². The van der Waals surface area contributed by atoms with Gasteiger partial charge in [-0.1, -0.05) is 12.1 Å². The maximum absolute atomic E-state index is 13.5. The van der Waals surface area contributed by atoms with Crippen molar-refractivity contribution >= 4 is 5.97 Å². The Hall–Kier alpha value is -2.24. The molecule has 1 aliphatic rings. The van der Waals surface area contributed by atoms with Crippen LogP contribution < -0.4 is 0 Å². The van der Waals surface area contributed by atoms with Gasteiger partial charge in [0.1, 0.15) is 17.6 Å². The van der Waals surface area contributed by atoms with Crippen molar-refractivity contribution in [2.24, 2.45) is 0 Å². The Bertz CT molecular complexity index is 669. The second-order valence-corrected chi connectivity index (χ2v) is 4.97. The van der Waals surface area contributed by atoms with Gasteiger partial charge in [0.25, 0.3) is 0 Å². The lowest BCUT2D eigenvalue weighted by Gasteiger charge is -2.16. The van der Waals surface area contributed by atoms with E-state index in [-0.39, 0.29) is 12.4 Å². The summed E-state index contributed by atoms with van der Waals surface area (Å²) in [6.07, 6.45) is 1.84. The summed E-state index contributed by atoms with van der Waals surface area (Å²) in [4.78, 5) is 12.3. The smallest absolute Gasteiger partial charge is 0.321 e.